The number of hydrogen-bond donors (Lipinski definition) is 3. The van der Waals surface area contributed by atoms with Crippen molar-refractivity contribution < 1.29 is 42.7 Å². The van der Waals surface area contributed by atoms with Gasteiger partial charge in [0, 0.05) is 26.0 Å². The topological polar surface area (TPSA) is 155 Å². The van der Waals surface area contributed by atoms with E-state index in [0.717, 1.165) is 83.5 Å². The Hall–Kier alpha value is -3.63. The lowest BCUT2D eigenvalue weighted by Gasteiger charge is -2.19. The van der Waals surface area contributed by atoms with Crippen LogP contribution in [0, 0.1) is 0 Å². The number of carbonyl (C=O) groups is 2. The summed E-state index contributed by atoms with van der Waals surface area (Å²) >= 11 is 0. The summed E-state index contributed by atoms with van der Waals surface area (Å²) in [5.41, 5.74) is 5.33. The van der Waals surface area contributed by atoms with Gasteiger partial charge in [-0.2, -0.15) is 0 Å². The van der Waals surface area contributed by atoms with Gasteiger partial charge < -0.3 is 25.2 Å². The zero-order chi connectivity index (χ0) is 42.5. The molecule has 11 heteroatoms. The molecule has 0 bridgehead atoms. The van der Waals surface area contributed by atoms with Crippen LogP contribution in [0.4, 0.5) is 0 Å². The average Bonchev–Trinajstić information content (AvgIpc) is 3.21. The largest absolute Gasteiger partial charge is 0.472 e. The highest BCUT2D eigenvalue weighted by atomic mass is 31.2. The molecule has 0 saturated heterocycles. The Morgan fingerprint density at radius 1 is 0.552 bits per heavy atom. The van der Waals surface area contributed by atoms with Crippen LogP contribution in [0.3, 0.4) is 0 Å². The van der Waals surface area contributed by atoms with E-state index in [2.05, 4.69) is 104 Å². The van der Waals surface area contributed by atoms with E-state index in [1.807, 2.05) is 24.3 Å². The second kappa shape index (κ2) is 43.0. The Balaban J connectivity index is 4.41. The van der Waals surface area contributed by atoms with Crippen LogP contribution in [0.5, 0.6) is 0 Å². The number of esters is 2. The average molecular weight is 828 g/mol. The van der Waals surface area contributed by atoms with Crippen molar-refractivity contribution in [3.8, 4) is 0 Å². The van der Waals surface area contributed by atoms with E-state index in [0.29, 0.717) is 19.3 Å². The van der Waals surface area contributed by atoms with Gasteiger partial charge in [0.05, 0.1) is 13.2 Å². The number of carbonyl (C=O) groups excluding carboxylic acids is 2. The Bertz CT molecular complexity index is 1360. The molecule has 0 heterocycles. The standard InChI is InChI=1S/C47H74NO9P/c1-2-3-4-5-6-7-8-9-10-11-12-14-17-20-23-26-29-32-35-38-46(50)54-43-45(44-56-58(52,53)55-42-40-48)57-47(51)39-36-33-30-27-24-21-18-15-13-16-19-22-25-28-31-34-37-41-49/h3-4,6-7,9-10,12-14,16,18,20-23,25,27,29-30,32,45,49H,2,5,8,11,15,17,19,24,26,28,31,33-44,48H2,1H3,(H,52,53)/b4-3-,7-6-,10-9-,14-12-,16-13-,21-18-,23-20-,25-22-,30-27-,32-29-/t45-/m1/s1. The SMILES string of the molecule is CC/C=C\C/C=C\C/C=C\C/C=C\C/C=C\C/C=C\CCC(=O)OC[C@H](COP(=O)(O)OCCN)OC(=O)CCC/C=C\C/C=C\C/C=C\C/C=C\CCCCCO. The summed E-state index contributed by atoms with van der Waals surface area (Å²) in [5.74, 6) is -1.02. The number of unbranched alkanes of at least 4 members (excludes halogenated alkanes) is 4. The number of ether oxygens (including phenoxy) is 2. The highest BCUT2D eigenvalue weighted by Gasteiger charge is 2.25. The van der Waals surface area contributed by atoms with E-state index in [9.17, 15) is 19.0 Å². The van der Waals surface area contributed by atoms with Crippen LogP contribution in [0.15, 0.2) is 122 Å². The fourth-order valence-electron chi connectivity index (χ4n) is 4.81. The molecule has 0 aliphatic rings. The zero-order valence-electron chi connectivity index (χ0n) is 35.2. The molecule has 2 atom stereocenters. The lowest BCUT2D eigenvalue weighted by Crippen LogP contribution is -2.29. The third-order valence-corrected chi connectivity index (χ3v) is 8.88. The molecule has 0 aromatic heterocycles. The normalized spacial score (nSPS) is 14.5. The lowest BCUT2D eigenvalue weighted by atomic mass is 10.2. The minimum atomic E-state index is -4.42. The van der Waals surface area contributed by atoms with Gasteiger partial charge in [0.1, 0.15) is 6.61 Å². The van der Waals surface area contributed by atoms with E-state index >= 15 is 0 Å². The molecular formula is C47H74NO9P. The Morgan fingerprint density at radius 2 is 1.00 bits per heavy atom. The molecule has 0 fully saturated rings. The van der Waals surface area contributed by atoms with Crippen LogP contribution < -0.4 is 5.73 Å². The smallest absolute Gasteiger partial charge is 0.462 e. The summed E-state index contributed by atoms with van der Waals surface area (Å²) < 4.78 is 32.6. The number of phosphoric ester groups is 1. The van der Waals surface area contributed by atoms with E-state index in [-0.39, 0.29) is 39.2 Å². The molecule has 0 aromatic carbocycles. The van der Waals surface area contributed by atoms with Gasteiger partial charge in [-0.15, -0.1) is 0 Å². The first kappa shape index (κ1) is 54.4. The van der Waals surface area contributed by atoms with Gasteiger partial charge in [-0.05, 0) is 96.3 Å². The molecule has 0 aliphatic carbocycles. The molecule has 0 aliphatic heterocycles. The van der Waals surface area contributed by atoms with Gasteiger partial charge in [-0.1, -0.05) is 135 Å². The van der Waals surface area contributed by atoms with Crippen molar-refractivity contribution in [1.29, 1.82) is 0 Å². The fraction of sp³-hybridized carbons (Fsp3) is 0.532. The number of aliphatic hydroxyl groups is 1. The second-order valence-electron chi connectivity index (χ2n) is 13.2. The third-order valence-electron chi connectivity index (χ3n) is 7.90. The molecule has 4 N–H and O–H groups in total. The molecule has 1 unspecified atom stereocenters. The molecule has 0 spiro atoms. The van der Waals surface area contributed by atoms with Crippen molar-refractivity contribution in [1.82, 2.24) is 0 Å². The van der Waals surface area contributed by atoms with Crippen LogP contribution >= 0.6 is 7.82 Å². The van der Waals surface area contributed by atoms with Crippen LogP contribution in [-0.4, -0.2) is 61.0 Å². The van der Waals surface area contributed by atoms with Gasteiger partial charge >= 0.3 is 19.8 Å². The summed E-state index contributed by atoms with van der Waals surface area (Å²) in [6.07, 6.45) is 55.5. The monoisotopic (exact) mass is 828 g/mol. The van der Waals surface area contributed by atoms with Crippen molar-refractivity contribution in [3.05, 3.63) is 122 Å². The molecule has 0 amide bonds. The molecule has 326 valence electrons. The number of aliphatic hydroxyl groups excluding tert-OH is 1. The Labute approximate surface area is 350 Å². The van der Waals surface area contributed by atoms with Gasteiger partial charge in [0.2, 0.25) is 0 Å². The summed E-state index contributed by atoms with van der Waals surface area (Å²) in [5, 5.41) is 8.79. The maximum Gasteiger partial charge on any atom is 0.472 e. The fourth-order valence-corrected chi connectivity index (χ4v) is 5.57. The minimum absolute atomic E-state index is 0.0232. The van der Waals surface area contributed by atoms with Gasteiger partial charge in [-0.25, -0.2) is 4.57 Å². The third kappa shape index (κ3) is 42.0. The first-order valence-corrected chi connectivity index (χ1v) is 22.6. The van der Waals surface area contributed by atoms with Crippen LogP contribution in [0.2, 0.25) is 0 Å². The van der Waals surface area contributed by atoms with Crippen molar-refractivity contribution in [3.63, 3.8) is 0 Å². The summed E-state index contributed by atoms with van der Waals surface area (Å²) in [7, 11) is -4.42. The van der Waals surface area contributed by atoms with Crippen LogP contribution in [0.1, 0.15) is 122 Å². The van der Waals surface area contributed by atoms with Crippen molar-refractivity contribution in [2.24, 2.45) is 5.73 Å². The van der Waals surface area contributed by atoms with Crippen LogP contribution in [0.25, 0.3) is 0 Å². The zero-order valence-corrected chi connectivity index (χ0v) is 36.1. The number of rotatable bonds is 38. The number of nitrogens with two attached hydrogens (primary N) is 1. The lowest BCUT2D eigenvalue weighted by molar-refractivity contribution is -0.161. The predicted molar refractivity (Wildman–Crippen MR) is 239 cm³/mol. The minimum Gasteiger partial charge on any atom is -0.462 e. The molecule has 58 heavy (non-hydrogen) atoms. The molecule has 10 nitrogen and oxygen atoms in total. The van der Waals surface area contributed by atoms with Crippen molar-refractivity contribution in [2.75, 3.05) is 33.0 Å². The number of phosphoric acid groups is 1. The van der Waals surface area contributed by atoms with Crippen LogP contribution in [-0.2, 0) is 32.7 Å². The quantitative estimate of drug-likeness (QED) is 0.0237. The van der Waals surface area contributed by atoms with Gasteiger partial charge in [0.25, 0.3) is 0 Å². The molecule has 0 rings (SSSR count). The molecule has 0 aromatic rings. The van der Waals surface area contributed by atoms with Crippen molar-refractivity contribution >= 4 is 19.8 Å². The number of hydrogen-bond acceptors (Lipinski definition) is 9. The van der Waals surface area contributed by atoms with Gasteiger partial charge in [-0.3, -0.25) is 18.6 Å². The Morgan fingerprint density at radius 3 is 1.47 bits per heavy atom. The summed E-state index contributed by atoms with van der Waals surface area (Å²) in [4.78, 5) is 34.8. The Kier molecular flexibility index (Phi) is 40.3. The predicted octanol–water partition coefficient (Wildman–Crippen LogP) is 11.1. The molecular weight excluding hydrogens is 753 g/mol. The van der Waals surface area contributed by atoms with E-state index < -0.39 is 32.5 Å². The summed E-state index contributed by atoms with van der Waals surface area (Å²) in [6.45, 7) is 1.43. The maximum atomic E-state index is 12.6. The first-order chi connectivity index (χ1) is 28.3. The van der Waals surface area contributed by atoms with Gasteiger partial charge in [0.15, 0.2) is 6.10 Å². The molecule has 0 radical (unpaired) electrons. The van der Waals surface area contributed by atoms with E-state index in [1.54, 1.807) is 0 Å². The maximum absolute atomic E-state index is 12.6. The first-order valence-electron chi connectivity index (χ1n) is 21.1. The highest BCUT2D eigenvalue weighted by Crippen LogP contribution is 2.43. The number of allylic oxidation sites excluding steroid dienone is 20. The van der Waals surface area contributed by atoms with Crippen molar-refractivity contribution in [2.45, 2.75) is 129 Å². The second-order valence-corrected chi connectivity index (χ2v) is 14.6. The summed E-state index contributed by atoms with van der Waals surface area (Å²) in [6, 6.07) is 0. The molecule has 0 saturated carbocycles. The van der Waals surface area contributed by atoms with E-state index in [4.69, 9.17) is 29.4 Å². The highest BCUT2D eigenvalue weighted by molar-refractivity contribution is 7.47. The van der Waals surface area contributed by atoms with E-state index in [1.165, 1.54) is 0 Å².